The molecular formula is C17H24FNO5. The summed E-state index contributed by atoms with van der Waals surface area (Å²) < 4.78 is 28.5. The molecule has 0 aromatic heterocycles. The van der Waals surface area contributed by atoms with E-state index >= 15 is 0 Å². The van der Waals surface area contributed by atoms with Crippen molar-refractivity contribution in [3.8, 4) is 5.75 Å². The third kappa shape index (κ3) is 7.80. The van der Waals surface area contributed by atoms with Crippen LogP contribution in [-0.4, -0.2) is 36.9 Å². The molecule has 1 amide bonds. The molecule has 0 radical (unpaired) electrons. The van der Waals surface area contributed by atoms with E-state index in [4.69, 9.17) is 14.2 Å². The zero-order valence-electron chi connectivity index (χ0n) is 14.4. The highest BCUT2D eigenvalue weighted by Crippen LogP contribution is 2.13. The Hall–Kier alpha value is -2.31. The van der Waals surface area contributed by atoms with Crippen LogP contribution in [0.15, 0.2) is 24.3 Å². The Morgan fingerprint density at radius 2 is 2.00 bits per heavy atom. The predicted octanol–water partition coefficient (Wildman–Crippen LogP) is 3.05. The SMILES string of the molecule is CCOC(=O)[C@H](CCOc1cccc(F)c1)NC(=O)OC(C)(C)C. The van der Waals surface area contributed by atoms with Gasteiger partial charge in [-0.2, -0.15) is 0 Å². The van der Waals surface area contributed by atoms with Gasteiger partial charge in [0.05, 0.1) is 13.2 Å². The third-order valence-corrected chi connectivity index (χ3v) is 2.73. The third-order valence-electron chi connectivity index (χ3n) is 2.73. The molecule has 0 spiro atoms. The van der Waals surface area contributed by atoms with Crippen molar-refractivity contribution in [3.05, 3.63) is 30.1 Å². The summed E-state index contributed by atoms with van der Waals surface area (Å²) in [5.41, 5.74) is -0.679. The van der Waals surface area contributed by atoms with Crippen molar-refractivity contribution in [2.24, 2.45) is 0 Å². The van der Waals surface area contributed by atoms with Crippen LogP contribution in [0.2, 0.25) is 0 Å². The summed E-state index contributed by atoms with van der Waals surface area (Å²) in [5.74, 6) is -0.651. The average Bonchev–Trinajstić information content (AvgIpc) is 2.44. The summed E-state index contributed by atoms with van der Waals surface area (Å²) in [6.07, 6.45) is -0.555. The maximum Gasteiger partial charge on any atom is 0.408 e. The van der Waals surface area contributed by atoms with Crippen molar-refractivity contribution in [2.45, 2.75) is 45.8 Å². The smallest absolute Gasteiger partial charge is 0.408 e. The van der Waals surface area contributed by atoms with Crippen LogP contribution in [0.5, 0.6) is 5.75 Å². The minimum absolute atomic E-state index is 0.0999. The number of hydrogen-bond donors (Lipinski definition) is 1. The molecule has 0 aliphatic heterocycles. The van der Waals surface area contributed by atoms with E-state index in [-0.39, 0.29) is 19.6 Å². The summed E-state index contributed by atoms with van der Waals surface area (Å²) in [6.45, 7) is 7.13. The van der Waals surface area contributed by atoms with Crippen molar-refractivity contribution >= 4 is 12.1 Å². The lowest BCUT2D eigenvalue weighted by Crippen LogP contribution is -2.45. The van der Waals surface area contributed by atoms with Gasteiger partial charge in [-0.05, 0) is 39.8 Å². The van der Waals surface area contributed by atoms with Gasteiger partial charge in [0.2, 0.25) is 0 Å². The first kappa shape index (κ1) is 19.7. The molecule has 24 heavy (non-hydrogen) atoms. The van der Waals surface area contributed by atoms with Crippen LogP contribution >= 0.6 is 0 Å². The second kappa shape index (κ2) is 9.10. The monoisotopic (exact) mass is 341 g/mol. The number of rotatable bonds is 7. The second-order valence-corrected chi connectivity index (χ2v) is 6.05. The van der Waals surface area contributed by atoms with Gasteiger partial charge >= 0.3 is 12.1 Å². The summed E-state index contributed by atoms with van der Waals surface area (Å²) >= 11 is 0. The number of ether oxygens (including phenoxy) is 3. The van der Waals surface area contributed by atoms with Crippen molar-refractivity contribution in [1.29, 1.82) is 0 Å². The van der Waals surface area contributed by atoms with Crippen LogP contribution in [0, 0.1) is 5.82 Å². The highest BCUT2D eigenvalue weighted by atomic mass is 19.1. The molecule has 7 heteroatoms. The van der Waals surface area contributed by atoms with E-state index in [9.17, 15) is 14.0 Å². The normalized spacial score (nSPS) is 12.2. The number of nitrogens with one attached hydrogen (secondary N) is 1. The van der Waals surface area contributed by atoms with Gasteiger partial charge in [-0.3, -0.25) is 0 Å². The number of hydrogen-bond acceptors (Lipinski definition) is 5. The molecule has 1 rings (SSSR count). The predicted molar refractivity (Wildman–Crippen MR) is 86.3 cm³/mol. The number of carbonyl (C=O) groups is 2. The van der Waals surface area contributed by atoms with Crippen LogP contribution < -0.4 is 10.1 Å². The van der Waals surface area contributed by atoms with Crippen molar-refractivity contribution in [1.82, 2.24) is 5.32 Å². The first-order chi connectivity index (χ1) is 11.2. The van der Waals surface area contributed by atoms with E-state index in [1.807, 2.05) is 0 Å². The molecule has 0 saturated carbocycles. The fourth-order valence-electron chi connectivity index (χ4n) is 1.79. The number of benzene rings is 1. The first-order valence-corrected chi connectivity index (χ1v) is 7.76. The number of amides is 1. The van der Waals surface area contributed by atoms with Gasteiger partial charge < -0.3 is 19.5 Å². The Labute approximate surface area is 141 Å². The molecule has 0 fully saturated rings. The van der Waals surface area contributed by atoms with E-state index in [0.29, 0.717) is 5.75 Å². The van der Waals surface area contributed by atoms with E-state index in [1.54, 1.807) is 33.8 Å². The Bertz CT molecular complexity index is 556. The minimum Gasteiger partial charge on any atom is -0.493 e. The lowest BCUT2D eigenvalue weighted by atomic mass is 10.2. The fraction of sp³-hybridized carbons (Fsp3) is 0.529. The molecule has 1 aromatic carbocycles. The molecule has 0 heterocycles. The average molecular weight is 341 g/mol. The maximum atomic E-state index is 13.1. The zero-order chi connectivity index (χ0) is 18.2. The van der Waals surface area contributed by atoms with Crippen molar-refractivity contribution in [2.75, 3.05) is 13.2 Å². The summed E-state index contributed by atoms with van der Waals surface area (Å²) in [5, 5.41) is 2.47. The Morgan fingerprint density at radius 1 is 1.29 bits per heavy atom. The number of halogens is 1. The maximum absolute atomic E-state index is 13.1. The van der Waals surface area contributed by atoms with Gasteiger partial charge in [0.25, 0.3) is 0 Å². The molecule has 0 saturated heterocycles. The Morgan fingerprint density at radius 3 is 2.58 bits per heavy atom. The molecule has 1 atom stereocenters. The van der Waals surface area contributed by atoms with Gasteiger partial charge in [0, 0.05) is 12.5 Å². The van der Waals surface area contributed by atoms with Crippen LogP contribution in [0.1, 0.15) is 34.1 Å². The molecule has 1 N–H and O–H groups in total. The standard InChI is InChI=1S/C17H24FNO5/c1-5-22-15(20)14(19-16(21)24-17(2,3)4)9-10-23-13-8-6-7-12(18)11-13/h6-8,11,14H,5,9-10H2,1-4H3,(H,19,21)/t14-/m0/s1. The number of esters is 1. The first-order valence-electron chi connectivity index (χ1n) is 7.76. The van der Waals surface area contributed by atoms with Crippen LogP contribution in [0.3, 0.4) is 0 Å². The molecule has 0 aliphatic rings. The van der Waals surface area contributed by atoms with Gasteiger partial charge in [-0.15, -0.1) is 0 Å². The number of alkyl carbamates (subject to hydrolysis) is 1. The largest absolute Gasteiger partial charge is 0.493 e. The summed E-state index contributed by atoms with van der Waals surface area (Å²) in [4.78, 5) is 23.8. The van der Waals surface area contributed by atoms with Crippen LogP contribution in [-0.2, 0) is 14.3 Å². The topological polar surface area (TPSA) is 73.9 Å². The molecule has 0 aliphatic carbocycles. The van der Waals surface area contributed by atoms with Gasteiger partial charge in [-0.1, -0.05) is 6.07 Å². The zero-order valence-corrected chi connectivity index (χ0v) is 14.4. The lowest BCUT2D eigenvalue weighted by molar-refractivity contribution is -0.146. The Kier molecular flexibility index (Phi) is 7.48. The molecule has 6 nitrogen and oxygen atoms in total. The van der Waals surface area contributed by atoms with Gasteiger partial charge in [0.1, 0.15) is 23.2 Å². The van der Waals surface area contributed by atoms with Gasteiger partial charge in [0.15, 0.2) is 0 Å². The van der Waals surface area contributed by atoms with E-state index in [0.717, 1.165) is 0 Å². The van der Waals surface area contributed by atoms with Crippen molar-refractivity contribution < 1.29 is 28.2 Å². The van der Waals surface area contributed by atoms with E-state index in [1.165, 1.54) is 18.2 Å². The van der Waals surface area contributed by atoms with Crippen molar-refractivity contribution in [3.63, 3.8) is 0 Å². The van der Waals surface area contributed by atoms with Crippen LogP contribution in [0.25, 0.3) is 0 Å². The second-order valence-electron chi connectivity index (χ2n) is 6.05. The molecular weight excluding hydrogens is 317 g/mol. The molecule has 134 valence electrons. The molecule has 1 aromatic rings. The van der Waals surface area contributed by atoms with Crippen LogP contribution in [0.4, 0.5) is 9.18 Å². The fourth-order valence-corrected chi connectivity index (χ4v) is 1.79. The summed E-state index contributed by atoms with van der Waals surface area (Å²) in [7, 11) is 0. The number of carbonyl (C=O) groups excluding carboxylic acids is 2. The Balaban J connectivity index is 2.59. The lowest BCUT2D eigenvalue weighted by Gasteiger charge is -2.22. The highest BCUT2D eigenvalue weighted by Gasteiger charge is 2.25. The van der Waals surface area contributed by atoms with E-state index in [2.05, 4.69) is 5.32 Å². The minimum atomic E-state index is -0.909. The molecule has 0 bridgehead atoms. The highest BCUT2D eigenvalue weighted by molar-refractivity contribution is 5.81. The quantitative estimate of drug-likeness (QED) is 0.772. The van der Waals surface area contributed by atoms with E-state index < -0.39 is 29.5 Å². The molecule has 0 unspecified atom stereocenters. The van der Waals surface area contributed by atoms with Gasteiger partial charge in [-0.25, -0.2) is 14.0 Å². The summed E-state index contributed by atoms with van der Waals surface area (Å²) in [6, 6.07) is 4.75.